The van der Waals surface area contributed by atoms with Gasteiger partial charge in [-0.25, -0.2) is 0 Å². The molecule has 84 valence electrons. The number of hydrogen-bond acceptors (Lipinski definition) is 3. The van der Waals surface area contributed by atoms with E-state index in [-0.39, 0.29) is 0 Å². The summed E-state index contributed by atoms with van der Waals surface area (Å²) < 4.78 is 0. The van der Waals surface area contributed by atoms with Crippen molar-refractivity contribution in [3.8, 4) is 0 Å². The van der Waals surface area contributed by atoms with Crippen LogP contribution in [0.15, 0.2) is 24.5 Å². The van der Waals surface area contributed by atoms with Crippen LogP contribution in [-0.4, -0.2) is 27.4 Å². The lowest BCUT2D eigenvalue weighted by molar-refractivity contribution is 0.00980. The van der Waals surface area contributed by atoms with Crippen molar-refractivity contribution < 1.29 is 10.2 Å². The van der Waals surface area contributed by atoms with E-state index < -0.39 is 12.2 Å². The highest BCUT2D eigenvalue weighted by atomic mass is 16.3. The van der Waals surface area contributed by atoms with Gasteiger partial charge in [-0.3, -0.25) is 4.98 Å². The van der Waals surface area contributed by atoms with Gasteiger partial charge < -0.3 is 10.2 Å². The molecule has 0 aromatic carbocycles. The molecular formula is C12H19NO2. The van der Waals surface area contributed by atoms with Gasteiger partial charge in [0.2, 0.25) is 0 Å². The zero-order valence-corrected chi connectivity index (χ0v) is 9.13. The van der Waals surface area contributed by atoms with Crippen LogP contribution < -0.4 is 0 Å². The SMILES string of the molecule is CCCC(O)C(O)CCc1ccncc1. The van der Waals surface area contributed by atoms with E-state index in [9.17, 15) is 10.2 Å². The number of aryl methyl sites for hydroxylation is 1. The maximum Gasteiger partial charge on any atom is 0.0802 e. The third-order valence-electron chi connectivity index (χ3n) is 2.51. The van der Waals surface area contributed by atoms with Crippen molar-refractivity contribution >= 4 is 0 Å². The van der Waals surface area contributed by atoms with Crippen molar-refractivity contribution in [2.24, 2.45) is 0 Å². The van der Waals surface area contributed by atoms with Crippen molar-refractivity contribution in [2.75, 3.05) is 0 Å². The maximum absolute atomic E-state index is 9.64. The van der Waals surface area contributed by atoms with Crippen LogP contribution in [-0.2, 0) is 6.42 Å². The molecule has 0 fully saturated rings. The second-order valence-electron chi connectivity index (χ2n) is 3.82. The molecular weight excluding hydrogens is 190 g/mol. The van der Waals surface area contributed by atoms with E-state index in [1.807, 2.05) is 19.1 Å². The van der Waals surface area contributed by atoms with Crippen LogP contribution in [0.4, 0.5) is 0 Å². The number of aliphatic hydroxyl groups is 2. The molecule has 0 aliphatic heterocycles. The van der Waals surface area contributed by atoms with Crippen LogP contribution in [0.25, 0.3) is 0 Å². The Balaban J connectivity index is 2.31. The molecule has 3 heteroatoms. The number of nitrogens with zero attached hydrogens (tertiary/aromatic N) is 1. The molecule has 0 amide bonds. The minimum absolute atomic E-state index is 0.586. The Labute approximate surface area is 90.8 Å². The minimum atomic E-state index is -0.613. The van der Waals surface area contributed by atoms with Gasteiger partial charge in [-0.05, 0) is 37.0 Å². The zero-order chi connectivity index (χ0) is 11.1. The summed E-state index contributed by atoms with van der Waals surface area (Å²) in [5.74, 6) is 0. The van der Waals surface area contributed by atoms with Gasteiger partial charge >= 0.3 is 0 Å². The van der Waals surface area contributed by atoms with E-state index in [2.05, 4.69) is 4.98 Å². The summed E-state index contributed by atoms with van der Waals surface area (Å²) >= 11 is 0. The summed E-state index contributed by atoms with van der Waals surface area (Å²) in [4.78, 5) is 3.93. The summed E-state index contributed by atoms with van der Waals surface area (Å²) in [6, 6.07) is 3.86. The van der Waals surface area contributed by atoms with Crippen LogP contribution in [0.1, 0.15) is 31.7 Å². The molecule has 0 radical (unpaired) electrons. The average molecular weight is 209 g/mol. The van der Waals surface area contributed by atoms with Gasteiger partial charge in [0, 0.05) is 12.4 Å². The summed E-state index contributed by atoms with van der Waals surface area (Å²) in [6.07, 6.45) is 5.23. The van der Waals surface area contributed by atoms with Crippen LogP contribution in [0.2, 0.25) is 0 Å². The summed E-state index contributed by atoms with van der Waals surface area (Å²) in [6.45, 7) is 2.00. The van der Waals surface area contributed by atoms with Crippen LogP contribution >= 0.6 is 0 Å². The molecule has 15 heavy (non-hydrogen) atoms. The Hall–Kier alpha value is -0.930. The first kappa shape index (κ1) is 12.1. The molecule has 2 N–H and O–H groups in total. The third-order valence-corrected chi connectivity index (χ3v) is 2.51. The monoisotopic (exact) mass is 209 g/mol. The highest BCUT2D eigenvalue weighted by Gasteiger charge is 2.14. The molecule has 2 unspecified atom stereocenters. The number of aliphatic hydroxyl groups excluding tert-OH is 2. The van der Waals surface area contributed by atoms with Gasteiger partial charge in [0.15, 0.2) is 0 Å². The summed E-state index contributed by atoms with van der Waals surface area (Å²) in [5, 5.41) is 19.2. The Morgan fingerprint density at radius 1 is 1.13 bits per heavy atom. The topological polar surface area (TPSA) is 53.4 Å². The van der Waals surface area contributed by atoms with Crippen LogP contribution in [0.5, 0.6) is 0 Å². The van der Waals surface area contributed by atoms with E-state index in [4.69, 9.17) is 0 Å². The van der Waals surface area contributed by atoms with Gasteiger partial charge in [0.05, 0.1) is 12.2 Å². The molecule has 0 saturated heterocycles. The van der Waals surface area contributed by atoms with Crippen LogP contribution in [0.3, 0.4) is 0 Å². The third kappa shape index (κ3) is 4.40. The normalized spacial score (nSPS) is 14.9. The van der Waals surface area contributed by atoms with Gasteiger partial charge in [0.25, 0.3) is 0 Å². The highest BCUT2D eigenvalue weighted by Crippen LogP contribution is 2.09. The second-order valence-corrected chi connectivity index (χ2v) is 3.82. The standard InChI is InChI=1S/C12H19NO2/c1-2-3-11(14)12(15)5-4-10-6-8-13-9-7-10/h6-9,11-12,14-15H,2-5H2,1H3. The number of rotatable bonds is 6. The fraction of sp³-hybridized carbons (Fsp3) is 0.583. The van der Waals surface area contributed by atoms with Crippen molar-refractivity contribution in [3.63, 3.8) is 0 Å². The summed E-state index contributed by atoms with van der Waals surface area (Å²) in [5.41, 5.74) is 1.15. The quantitative estimate of drug-likeness (QED) is 0.747. The molecule has 3 nitrogen and oxygen atoms in total. The van der Waals surface area contributed by atoms with Crippen molar-refractivity contribution in [1.29, 1.82) is 0 Å². The summed E-state index contributed by atoms with van der Waals surface area (Å²) in [7, 11) is 0. The van der Waals surface area contributed by atoms with E-state index in [1.54, 1.807) is 12.4 Å². The first-order chi connectivity index (χ1) is 7.24. The molecule has 1 rings (SSSR count). The lowest BCUT2D eigenvalue weighted by Gasteiger charge is -2.16. The predicted molar refractivity (Wildman–Crippen MR) is 59.5 cm³/mol. The molecule has 0 bridgehead atoms. The Kier molecular flexibility index (Phi) is 5.29. The second kappa shape index (κ2) is 6.53. The van der Waals surface area contributed by atoms with E-state index >= 15 is 0 Å². The van der Waals surface area contributed by atoms with Crippen LogP contribution in [0, 0.1) is 0 Å². The molecule has 0 aliphatic rings. The van der Waals surface area contributed by atoms with E-state index in [0.29, 0.717) is 12.8 Å². The zero-order valence-electron chi connectivity index (χ0n) is 9.13. The van der Waals surface area contributed by atoms with Crippen molar-refractivity contribution in [3.05, 3.63) is 30.1 Å². The average Bonchev–Trinajstić information content (AvgIpc) is 2.27. The highest BCUT2D eigenvalue weighted by molar-refractivity contribution is 5.09. The lowest BCUT2D eigenvalue weighted by Crippen LogP contribution is -2.26. The van der Waals surface area contributed by atoms with Gasteiger partial charge in [-0.2, -0.15) is 0 Å². The fourth-order valence-electron chi connectivity index (χ4n) is 1.54. The predicted octanol–water partition coefficient (Wildman–Crippen LogP) is 1.54. The molecule has 1 aromatic heterocycles. The fourth-order valence-corrected chi connectivity index (χ4v) is 1.54. The maximum atomic E-state index is 9.64. The Bertz CT molecular complexity index is 264. The van der Waals surface area contributed by atoms with E-state index in [1.165, 1.54) is 0 Å². The largest absolute Gasteiger partial charge is 0.390 e. The molecule has 2 atom stereocenters. The number of aromatic nitrogens is 1. The first-order valence-electron chi connectivity index (χ1n) is 5.49. The molecule has 0 aliphatic carbocycles. The molecule has 0 saturated carbocycles. The van der Waals surface area contributed by atoms with Gasteiger partial charge in [0.1, 0.15) is 0 Å². The smallest absolute Gasteiger partial charge is 0.0802 e. The minimum Gasteiger partial charge on any atom is -0.390 e. The van der Waals surface area contributed by atoms with Gasteiger partial charge in [-0.15, -0.1) is 0 Å². The van der Waals surface area contributed by atoms with E-state index in [0.717, 1.165) is 18.4 Å². The van der Waals surface area contributed by atoms with Crippen molar-refractivity contribution in [1.82, 2.24) is 4.98 Å². The molecule has 1 aromatic rings. The van der Waals surface area contributed by atoms with Gasteiger partial charge in [-0.1, -0.05) is 13.3 Å². The molecule has 0 spiro atoms. The Morgan fingerprint density at radius 3 is 2.33 bits per heavy atom. The Morgan fingerprint density at radius 2 is 1.73 bits per heavy atom. The number of hydrogen-bond donors (Lipinski definition) is 2. The van der Waals surface area contributed by atoms with Crippen molar-refractivity contribution in [2.45, 2.75) is 44.8 Å². The lowest BCUT2D eigenvalue weighted by atomic mass is 10.0. The first-order valence-corrected chi connectivity index (χ1v) is 5.49. The number of pyridine rings is 1. The molecule has 1 heterocycles.